The van der Waals surface area contributed by atoms with E-state index in [1.165, 1.54) is 4.31 Å². The fourth-order valence-electron chi connectivity index (χ4n) is 3.33. The van der Waals surface area contributed by atoms with Crippen molar-refractivity contribution in [2.75, 3.05) is 18.5 Å². The van der Waals surface area contributed by atoms with Crippen molar-refractivity contribution in [2.45, 2.75) is 44.0 Å². The van der Waals surface area contributed by atoms with Crippen LogP contribution in [0, 0.1) is 6.92 Å². The Balaban J connectivity index is 1.78. The molecule has 1 aliphatic rings. The zero-order valence-corrected chi connectivity index (χ0v) is 17.0. The van der Waals surface area contributed by atoms with Gasteiger partial charge in [-0.15, -0.1) is 0 Å². The number of carbonyl (C=O) groups is 1. The van der Waals surface area contributed by atoms with Crippen molar-refractivity contribution in [1.82, 2.24) is 4.31 Å². The summed E-state index contributed by atoms with van der Waals surface area (Å²) >= 11 is 0. The predicted octanol–water partition coefficient (Wildman–Crippen LogP) is 3.58. The maximum atomic E-state index is 13.1. The molecule has 1 fully saturated rings. The van der Waals surface area contributed by atoms with E-state index in [1.807, 2.05) is 13.8 Å². The molecule has 2 aromatic rings. The van der Waals surface area contributed by atoms with Crippen molar-refractivity contribution in [2.24, 2.45) is 0 Å². The predicted molar refractivity (Wildman–Crippen MR) is 109 cm³/mol. The van der Waals surface area contributed by atoms with Crippen LogP contribution < -0.4 is 10.1 Å². The van der Waals surface area contributed by atoms with E-state index in [9.17, 15) is 13.2 Å². The largest absolute Gasteiger partial charge is 0.494 e. The number of aryl methyl sites for hydroxylation is 1. The van der Waals surface area contributed by atoms with Crippen LogP contribution in [0.4, 0.5) is 5.69 Å². The molecule has 0 radical (unpaired) electrons. The molecule has 1 atom stereocenters. The lowest BCUT2D eigenvalue weighted by Gasteiger charge is -2.33. The second-order valence-electron chi connectivity index (χ2n) is 6.89. The number of amides is 1. The summed E-state index contributed by atoms with van der Waals surface area (Å²) in [5.74, 6) is 0.418. The van der Waals surface area contributed by atoms with Crippen molar-refractivity contribution in [3.63, 3.8) is 0 Å². The Hall–Kier alpha value is -2.38. The number of anilines is 1. The van der Waals surface area contributed by atoms with Crippen LogP contribution in [0.1, 0.15) is 31.7 Å². The molecule has 0 aromatic heterocycles. The minimum absolute atomic E-state index is 0.221. The molecule has 1 heterocycles. The highest BCUT2D eigenvalue weighted by molar-refractivity contribution is 7.89. The minimum Gasteiger partial charge on any atom is -0.494 e. The molecule has 0 unspecified atom stereocenters. The third-order valence-corrected chi connectivity index (χ3v) is 6.74. The maximum absolute atomic E-state index is 13.1. The maximum Gasteiger partial charge on any atom is 0.243 e. The van der Waals surface area contributed by atoms with Gasteiger partial charge in [0, 0.05) is 12.2 Å². The lowest BCUT2D eigenvalue weighted by molar-refractivity contribution is -0.120. The summed E-state index contributed by atoms with van der Waals surface area (Å²) < 4.78 is 33.0. The second kappa shape index (κ2) is 8.75. The summed E-state index contributed by atoms with van der Waals surface area (Å²) in [6.07, 6.45) is 2.08. The molecule has 0 bridgehead atoms. The van der Waals surface area contributed by atoms with Crippen molar-refractivity contribution >= 4 is 21.6 Å². The number of rotatable bonds is 6. The number of nitrogens with zero attached hydrogens (tertiary/aromatic N) is 1. The molecule has 1 saturated heterocycles. The number of nitrogens with one attached hydrogen (secondary N) is 1. The van der Waals surface area contributed by atoms with Gasteiger partial charge in [-0.3, -0.25) is 4.79 Å². The number of sulfonamides is 1. The molecular weight excluding hydrogens is 376 g/mol. The quantitative estimate of drug-likeness (QED) is 0.801. The van der Waals surface area contributed by atoms with E-state index in [0.29, 0.717) is 25.3 Å². The van der Waals surface area contributed by atoms with E-state index in [-0.39, 0.29) is 10.8 Å². The number of ether oxygens (including phenoxy) is 1. The minimum atomic E-state index is -3.73. The lowest BCUT2D eigenvalue weighted by Crippen LogP contribution is -2.49. The molecule has 0 spiro atoms. The highest BCUT2D eigenvalue weighted by atomic mass is 32.2. The van der Waals surface area contributed by atoms with Gasteiger partial charge in [0.25, 0.3) is 0 Å². The first-order valence-corrected chi connectivity index (χ1v) is 11.0. The fraction of sp³-hybridized carbons (Fsp3) is 0.381. The fourth-order valence-corrected chi connectivity index (χ4v) is 4.98. The Labute approximate surface area is 166 Å². The van der Waals surface area contributed by atoms with Gasteiger partial charge in [0.15, 0.2) is 0 Å². The number of benzene rings is 2. The zero-order chi connectivity index (χ0) is 20.1. The normalized spacial score (nSPS) is 17.9. The Bertz CT molecular complexity index is 908. The Morgan fingerprint density at radius 1 is 1.11 bits per heavy atom. The summed E-state index contributed by atoms with van der Waals surface area (Å²) in [5, 5.41) is 2.84. The molecule has 3 rings (SSSR count). The van der Waals surface area contributed by atoms with Crippen LogP contribution in [0.3, 0.4) is 0 Å². The zero-order valence-electron chi connectivity index (χ0n) is 16.2. The first-order chi connectivity index (χ1) is 13.4. The summed E-state index contributed by atoms with van der Waals surface area (Å²) in [5.41, 5.74) is 1.61. The average molecular weight is 403 g/mol. The van der Waals surface area contributed by atoms with Gasteiger partial charge in [-0.25, -0.2) is 8.42 Å². The highest BCUT2D eigenvalue weighted by Crippen LogP contribution is 2.27. The summed E-state index contributed by atoms with van der Waals surface area (Å²) in [4.78, 5) is 13.1. The van der Waals surface area contributed by atoms with E-state index in [1.54, 1.807) is 48.5 Å². The number of carbonyl (C=O) groups excluding carboxylic acids is 1. The number of hydrogen-bond donors (Lipinski definition) is 1. The van der Waals surface area contributed by atoms with Gasteiger partial charge in [0.05, 0.1) is 11.5 Å². The topological polar surface area (TPSA) is 75.7 Å². The summed E-state index contributed by atoms with van der Waals surface area (Å²) in [6, 6.07) is 13.1. The highest BCUT2D eigenvalue weighted by Gasteiger charge is 2.37. The third kappa shape index (κ3) is 4.54. The van der Waals surface area contributed by atoms with Crippen molar-refractivity contribution < 1.29 is 17.9 Å². The second-order valence-corrected chi connectivity index (χ2v) is 8.78. The SMILES string of the molecule is CCOc1ccc(NC(=O)[C@H]2CCCCN2S(=O)(=O)c2ccc(C)cc2)cc1. The van der Waals surface area contributed by atoms with Gasteiger partial charge < -0.3 is 10.1 Å². The molecule has 28 heavy (non-hydrogen) atoms. The van der Waals surface area contributed by atoms with Gasteiger partial charge >= 0.3 is 0 Å². The van der Waals surface area contributed by atoms with Crippen LogP contribution in [0.2, 0.25) is 0 Å². The van der Waals surface area contributed by atoms with Crippen molar-refractivity contribution in [1.29, 1.82) is 0 Å². The molecule has 1 aliphatic heterocycles. The van der Waals surface area contributed by atoms with Crippen LogP contribution in [-0.2, 0) is 14.8 Å². The van der Waals surface area contributed by atoms with Crippen LogP contribution in [-0.4, -0.2) is 37.8 Å². The molecule has 1 amide bonds. The summed E-state index contributed by atoms with van der Waals surface area (Å²) in [7, 11) is -3.73. The molecule has 150 valence electrons. The standard InChI is InChI=1S/C21H26N2O4S/c1-3-27-18-11-9-17(10-12-18)22-21(24)20-6-4-5-15-23(20)28(25,26)19-13-7-16(2)8-14-19/h7-14,20H,3-6,15H2,1-2H3,(H,22,24)/t20-/m1/s1. The van der Waals surface area contributed by atoms with Gasteiger partial charge in [0.1, 0.15) is 11.8 Å². The van der Waals surface area contributed by atoms with Gasteiger partial charge in [-0.2, -0.15) is 4.31 Å². The molecule has 0 aliphatic carbocycles. The van der Waals surface area contributed by atoms with Crippen LogP contribution in [0.25, 0.3) is 0 Å². The molecule has 6 nitrogen and oxygen atoms in total. The summed E-state index contributed by atoms with van der Waals surface area (Å²) in [6.45, 7) is 4.73. The monoisotopic (exact) mass is 402 g/mol. The Morgan fingerprint density at radius 2 is 1.79 bits per heavy atom. The van der Waals surface area contributed by atoms with E-state index in [4.69, 9.17) is 4.74 Å². The Morgan fingerprint density at radius 3 is 2.43 bits per heavy atom. The van der Waals surface area contributed by atoms with Gasteiger partial charge in [-0.1, -0.05) is 24.1 Å². The third-order valence-electron chi connectivity index (χ3n) is 4.82. The van der Waals surface area contributed by atoms with Gasteiger partial charge in [0.2, 0.25) is 15.9 Å². The van der Waals surface area contributed by atoms with E-state index in [0.717, 1.165) is 24.2 Å². The van der Waals surface area contributed by atoms with Crippen molar-refractivity contribution in [3.05, 3.63) is 54.1 Å². The first-order valence-electron chi connectivity index (χ1n) is 9.54. The number of hydrogen-bond acceptors (Lipinski definition) is 4. The molecule has 2 aromatic carbocycles. The van der Waals surface area contributed by atoms with E-state index in [2.05, 4.69) is 5.32 Å². The lowest BCUT2D eigenvalue weighted by atomic mass is 10.0. The molecule has 0 saturated carbocycles. The Kier molecular flexibility index (Phi) is 6.36. The molecule has 1 N–H and O–H groups in total. The number of piperidine rings is 1. The van der Waals surface area contributed by atoms with Gasteiger partial charge in [-0.05, 0) is 63.1 Å². The first kappa shape index (κ1) is 20.4. The van der Waals surface area contributed by atoms with E-state index < -0.39 is 16.1 Å². The smallest absolute Gasteiger partial charge is 0.243 e. The molecule has 7 heteroatoms. The average Bonchev–Trinajstić information content (AvgIpc) is 2.70. The van der Waals surface area contributed by atoms with Crippen LogP contribution >= 0.6 is 0 Å². The van der Waals surface area contributed by atoms with Crippen LogP contribution in [0.15, 0.2) is 53.4 Å². The molecular formula is C21H26N2O4S. The van der Waals surface area contributed by atoms with Crippen molar-refractivity contribution in [3.8, 4) is 5.75 Å². The van der Waals surface area contributed by atoms with Crippen LogP contribution in [0.5, 0.6) is 5.75 Å². The van der Waals surface area contributed by atoms with E-state index >= 15 is 0 Å².